The van der Waals surface area contributed by atoms with E-state index in [9.17, 15) is 14.7 Å². The maximum atomic E-state index is 12.1. The van der Waals surface area contributed by atoms with Crippen LogP contribution in [0.15, 0.2) is 33.2 Å². The first-order chi connectivity index (χ1) is 9.87. The molecule has 2 aromatic rings. The Morgan fingerprint density at radius 1 is 1.43 bits per heavy atom. The lowest BCUT2D eigenvalue weighted by atomic mass is 9.88. The van der Waals surface area contributed by atoms with E-state index < -0.39 is 17.3 Å². The van der Waals surface area contributed by atoms with E-state index >= 15 is 0 Å². The summed E-state index contributed by atoms with van der Waals surface area (Å²) in [5, 5.41) is 12.6. The molecule has 0 radical (unpaired) electrons. The molecule has 0 saturated heterocycles. The summed E-state index contributed by atoms with van der Waals surface area (Å²) in [6.07, 6.45) is 0.425. The van der Waals surface area contributed by atoms with E-state index in [2.05, 4.69) is 21.2 Å². The van der Waals surface area contributed by atoms with E-state index in [0.29, 0.717) is 12.0 Å². The molecular formula is C15H16BrNO4. The van der Waals surface area contributed by atoms with E-state index in [1.54, 1.807) is 19.9 Å². The molecule has 0 aliphatic carbocycles. The summed E-state index contributed by atoms with van der Waals surface area (Å²) >= 11 is 3.36. The average molecular weight is 354 g/mol. The molecule has 112 valence electrons. The first kappa shape index (κ1) is 15.6. The Labute approximate surface area is 130 Å². The minimum atomic E-state index is -0.984. The number of fused-ring (bicyclic) bond motifs is 1. The zero-order chi connectivity index (χ0) is 15.6. The SMILES string of the molecule is CCC(C)(CNC(=O)c1cc2cccc(Br)c2o1)C(=O)O. The van der Waals surface area contributed by atoms with Gasteiger partial charge in [0.05, 0.1) is 9.89 Å². The van der Waals surface area contributed by atoms with Gasteiger partial charge >= 0.3 is 5.97 Å². The Morgan fingerprint density at radius 3 is 2.71 bits per heavy atom. The third-order valence-electron chi connectivity index (χ3n) is 3.66. The molecule has 5 nitrogen and oxygen atoms in total. The number of amides is 1. The van der Waals surface area contributed by atoms with Gasteiger partial charge in [0.25, 0.3) is 5.91 Å². The van der Waals surface area contributed by atoms with Crippen molar-refractivity contribution in [2.75, 3.05) is 6.54 Å². The van der Waals surface area contributed by atoms with Crippen LogP contribution in [0.5, 0.6) is 0 Å². The maximum Gasteiger partial charge on any atom is 0.311 e. The Balaban J connectivity index is 2.16. The van der Waals surface area contributed by atoms with Crippen LogP contribution in [0.4, 0.5) is 0 Å². The van der Waals surface area contributed by atoms with Gasteiger partial charge in [0.2, 0.25) is 0 Å². The van der Waals surface area contributed by atoms with Gasteiger partial charge in [-0.15, -0.1) is 0 Å². The molecule has 21 heavy (non-hydrogen) atoms. The summed E-state index contributed by atoms with van der Waals surface area (Å²) in [6.45, 7) is 3.43. The van der Waals surface area contributed by atoms with Crippen LogP contribution in [0.3, 0.4) is 0 Å². The predicted molar refractivity (Wildman–Crippen MR) is 82.3 cm³/mol. The molecule has 1 amide bonds. The van der Waals surface area contributed by atoms with Crippen molar-refractivity contribution in [2.45, 2.75) is 20.3 Å². The van der Waals surface area contributed by atoms with Crippen LogP contribution in [0, 0.1) is 5.41 Å². The van der Waals surface area contributed by atoms with Crippen molar-refractivity contribution >= 4 is 38.8 Å². The summed E-state index contributed by atoms with van der Waals surface area (Å²) in [4.78, 5) is 23.3. The number of carboxylic acid groups (broad SMARTS) is 1. The smallest absolute Gasteiger partial charge is 0.311 e. The van der Waals surface area contributed by atoms with Crippen LogP contribution >= 0.6 is 15.9 Å². The van der Waals surface area contributed by atoms with Crippen molar-refractivity contribution in [3.05, 3.63) is 34.5 Å². The zero-order valence-electron chi connectivity index (χ0n) is 11.8. The number of furan rings is 1. The van der Waals surface area contributed by atoms with E-state index in [4.69, 9.17) is 4.42 Å². The number of halogens is 1. The lowest BCUT2D eigenvalue weighted by molar-refractivity contribution is -0.147. The van der Waals surface area contributed by atoms with Gasteiger partial charge in [0.1, 0.15) is 5.58 Å². The van der Waals surface area contributed by atoms with Gasteiger partial charge in [-0.05, 0) is 41.4 Å². The van der Waals surface area contributed by atoms with Crippen molar-refractivity contribution in [3.8, 4) is 0 Å². The third kappa shape index (κ3) is 3.10. The van der Waals surface area contributed by atoms with Crippen molar-refractivity contribution in [3.63, 3.8) is 0 Å². The highest BCUT2D eigenvalue weighted by Gasteiger charge is 2.31. The van der Waals surface area contributed by atoms with Crippen LogP contribution in [-0.2, 0) is 4.79 Å². The van der Waals surface area contributed by atoms with E-state index in [0.717, 1.165) is 9.86 Å². The maximum absolute atomic E-state index is 12.1. The van der Waals surface area contributed by atoms with Gasteiger partial charge in [-0.3, -0.25) is 9.59 Å². The summed E-state index contributed by atoms with van der Waals surface area (Å²) < 4.78 is 6.28. The summed E-state index contributed by atoms with van der Waals surface area (Å²) in [5.74, 6) is -1.18. The van der Waals surface area contributed by atoms with Gasteiger partial charge in [-0.25, -0.2) is 0 Å². The number of hydrogen-bond acceptors (Lipinski definition) is 3. The van der Waals surface area contributed by atoms with Crippen LogP contribution < -0.4 is 5.32 Å². The van der Waals surface area contributed by atoms with Crippen molar-refractivity contribution in [2.24, 2.45) is 5.41 Å². The number of nitrogens with one attached hydrogen (secondary N) is 1. The molecule has 6 heteroatoms. The minimum absolute atomic E-state index is 0.0515. The molecule has 0 saturated carbocycles. The number of carbonyl (C=O) groups is 2. The van der Waals surface area contributed by atoms with E-state index in [-0.39, 0.29) is 12.3 Å². The highest BCUT2D eigenvalue weighted by molar-refractivity contribution is 9.10. The largest absolute Gasteiger partial charge is 0.481 e. The second-order valence-corrected chi connectivity index (χ2v) is 6.03. The third-order valence-corrected chi connectivity index (χ3v) is 4.28. The molecule has 0 aliphatic heterocycles. The van der Waals surface area contributed by atoms with Gasteiger partial charge in [0.15, 0.2) is 5.76 Å². The van der Waals surface area contributed by atoms with Crippen molar-refractivity contribution < 1.29 is 19.1 Å². The summed E-state index contributed by atoms with van der Waals surface area (Å²) in [7, 11) is 0. The number of hydrogen-bond donors (Lipinski definition) is 2. The molecule has 1 unspecified atom stereocenters. The van der Waals surface area contributed by atoms with Gasteiger partial charge in [-0.2, -0.15) is 0 Å². The normalized spacial score (nSPS) is 13.9. The fraction of sp³-hybridized carbons (Fsp3) is 0.333. The van der Waals surface area contributed by atoms with Gasteiger partial charge < -0.3 is 14.8 Å². The molecule has 1 aromatic heterocycles. The Morgan fingerprint density at radius 2 is 2.14 bits per heavy atom. The molecule has 0 aliphatic rings. The molecule has 1 heterocycles. The Hall–Kier alpha value is -1.82. The number of carboxylic acids is 1. The number of aliphatic carboxylic acids is 1. The lowest BCUT2D eigenvalue weighted by Crippen LogP contribution is -2.40. The molecule has 2 N–H and O–H groups in total. The lowest BCUT2D eigenvalue weighted by Gasteiger charge is -2.22. The van der Waals surface area contributed by atoms with Crippen LogP contribution in [0.2, 0.25) is 0 Å². The monoisotopic (exact) mass is 353 g/mol. The van der Waals surface area contributed by atoms with Crippen molar-refractivity contribution in [1.29, 1.82) is 0 Å². The van der Waals surface area contributed by atoms with E-state index in [1.807, 2.05) is 18.2 Å². The molecule has 2 rings (SSSR count). The second kappa shape index (κ2) is 5.89. The molecular weight excluding hydrogens is 338 g/mol. The predicted octanol–water partition coefficient (Wildman–Crippen LogP) is 3.43. The van der Waals surface area contributed by atoms with E-state index in [1.165, 1.54) is 0 Å². The number of para-hydroxylation sites is 1. The van der Waals surface area contributed by atoms with Crippen LogP contribution in [0.25, 0.3) is 11.0 Å². The summed E-state index contributed by atoms with van der Waals surface area (Å²) in [6, 6.07) is 7.15. The van der Waals surface area contributed by atoms with Crippen LogP contribution in [-0.4, -0.2) is 23.5 Å². The molecule has 0 bridgehead atoms. The quantitative estimate of drug-likeness (QED) is 0.862. The minimum Gasteiger partial charge on any atom is -0.481 e. The Kier molecular flexibility index (Phi) is 4.37. The summed E-state index contributed by atoms with van der Waals surface area (Å²) in [5.41, 5.74) is -0.387. The number of carbonyl (C=O) groups excluding carboxylic acids is 1. The average Bonchev–Trinajstić information content (AvgIpc) is 2.89. The molecule has 1 aromatic carbocycles. The zero-order valence-corrected chi connectivity index (χ0v) is 13.4. The fourth-order valence-electron chi connectivity index (χ4n) is 1.85. The molecule has 0 spiro atoms. The Bertz CT molecular complexity index is 694. The second-order valence-electron chi connectivity index (χ2n) is 5.17. The highest BCUT2D eigenvalue weighted by atomic mass is 79.9. The topological polar surface area (TPSA) is 79.5 Å². The highest BCUT2D eigenvalue weighted by Crippen LogP contribution is 2.27. The fourth-order valence-corrected chi connectivity index (χ4v) is 2.32. The van der Waals surface area contributed by atoms with Crippen molar-refractivity contribution in [1.82, 2.24) is 5.32 Å². The number of benzene rings is 1. The van der Waals surface area contributed by atoms with Gasteiger partial charge in [0, 0.05) is 11.9 Å². The van der Waals surface area contributed by atoms with Gasteiger partial charge in [-0.1, -0.05) is 19.1 Å². The molecule has 0 fully saturated rings. The van der Waals surface area contributed by atoms with Crippen LogP contribution in [0.1, 0.15) is 30.8 Å². The first-order valence-corrected chi connectivity index (χ1v) is 7.36. The molecule has 1 atom stereocenters. The standard InChI is InChI=1S/C15H16BrNO4/c1-3-15(2,14(19)20)8-17-13(18)11-7-9-5-4-6-10(16)12(9)21-11/h4-7H,3,8H2,1-2H3,(H,17,18)(H,19,20). The first-order valence-electron chi connectivity index (χ1n) is 6.57. The number of rotatable bonds is 5.